The Balaban J connectivity index is 0.700. The van der Waals surface area contributed by atoms with Crippen LogP contribution in [0.1, 0.15) is 76.1 Å². The van der Waals surface area contributed by atoms with Gasteiger partial charge in [-0.05, 0) is 66.8 Å². The number of anilines is 1. The second kappa shape index (κ2) is 26.5. The number of thiazole rings is 1. The zero-order valence-corrected chi connectivity index (χ0v) is 43.0. The van der Waals surface area contributed by atoms with Gasteiger partial charge in [0.1, 0.15) is 31.4 Å². The fraction of sp³-hybridized carbons (Fsp3) is 0.585. The van der Waals surface area contributed by atoms with E-state index in [9.17, 15) is 24.3 Å². The number of hydrogen-bond acceptors (Lipinski definition) is 16. The van der Waals surface area contributed by atoms with Gasteiger partial charge < -0.3 is 44.5 Å². The minimum atomic E-state index is -0.849. The number of β-amino-alcohol motifs (C(OH)–C–C–N with tert-alkyl or cyclic N) is 1. The van der Waals surface area contributed by atoms with Crippen LogP contribution in [0.5, 0.6) is 0 Å². The molecule has 2 aliphatic heterocycles. The summed E-state index contributed by atoms with van der Waals surface area (Å²) in [6, 6.07) is 16.0. The molecule has 2 aromatic carbocycles. The molecular formula is C53H71N9O9S. The largest absolute Gasteiger partial charge is 0.391 e. The lowest BCUT2D eigenvalue weighted by Gasteiger charge is -2.42. The van der Waals surface area contributed by atoms with Crippen molar-refractivity contribution in [1.29, 1.82) is 5.26 Å². The van der Waals surface area contributed by atoms with E-state index in [-0.39, 0.29) is 82.5 Å². The molecule has 4 aromatic rings. The van der Waals surface area contributed by atoms with Crippen molar-refractivity contribution in [3.63, 3.8) is 0 Å². The van der Waals surface area contributed by atoms with E-state index in [0.29, 0.717) is 51.4 Å². The van der Waals surface area contributed by atoms with Crippen LogP contribution < -0.4 is 10.6 Å². The Morgan fingerprint density at radius 2 is 1.53 bits per heavy atom. The van der Waals surface area contributed by atoms with Gasteiger partial charge in [0.05, 0.1) is 79.8 Å². The van der Waals surface area contributed by atoms with Crippen molar-refractivity contribution in [3.05, 3.63) is 71.1 Å². The second-order valence-electron chi connectivity index (χ2n) is 20.0. The highest BCUT2D eigenvalue weighted by molar-refractivity contribution is 7.13. The van der Waals surface area contributed by atoms with Gasteiger partial charge in [0, 0.05) is 75.5 Å². The van der Waals surface area contributed by atoms with Crippen molar-refractivity contribution in [2.75, 3.05) is 90.9 Å². The summed E-state index contributed by atoms with van der Waals surface area (Å²) in [6.45, 7) is 12.5. The molecule has 3 fully saturated rings. The van der Waals surface area contributed by atoms with Crippen molar-refractivity contribution in [3.8, 4) is 16.5 Å². The number of ketones is 1. The Kier molecular flexibility index (Phi) is 20.0. The first-order chi connectivity index (χ1) is 34.8. The number of Topliss-reactive ketones (excluding diaryl/α,β-unsaturated/α-hetero) is 1. The van der Waals surface area contributed by atoms with Crippen LogP contribution in [0.3, 0.4) is 0 Å². The molecule has 0 radical (unpaired) electrons. The third-order valence-corrected chi connectivity index (χ3v) is 14.9. The number of aromatic nitrogens is 3. The second-order valence-corrected chi connectivity index (χ2v) is 20.9. The molecule has 0 spiro atoms. The Hall–Kier alpha value is -5.46. The number of carbonyl (C=O) groups excluding carboxylic acids is 4. The van der Waals surface area contributed by atoms with Crippen LogP contribution in [-0.2, 0) is 51.1 Å². The molecule has 4 heterocycles. The first kappa shape index (κ1) is 54.3. The maximum absolute atomic E-state index is 14.0. The molecule has 0 bridgehead atoms. The normalized spacial score (nSPS) is 20.1. The Morgan fingerprint density at radius 3 is 2.18 bits per heavy atom. The van der Waals surface area contributed by atoms with Gasteiger partial charge in [-0.3, -0.25) is 24.1 Å². The number of hydrogen-bond donors (Lipinski definition) is 3. The summed E-state index contributed by atoms with van der Waals surface area (Å²) in [5.74, 6) is -0.823. The Morgan fingerprint density at radius 1 is 0.861 bits per heavy atom. The zero-order chi connectivity index (χ0) is 51.0. The number of piperazine rings is 1. The predicted octanol–water partition coefficient (Wildman–Crippen LogP) is 4.96. The lowest BCUT2D eigenvalue weighted by molar-refractivity contribution is -0.146. The van der Waals surface area contributed by atoms with Gasteiger partial charge in [-0.2, -0.15) is 5.26 Å². The zero-order valence-electron chi connectivity index (χ0n) is 42.2. The molecule has 18 nitrogen and oxygen atoms in total. The lowest BCUT2D eigenvalue weighted by atomic mass is 9.77. The van der Waals surface area contributed by atoms with Crippen LogP contribution in [0, 0.1) is 29.6 Å². The number of aliphatic hydroxyl groups is 1. The third kappa shape index (κ3) is 15.3. The van der Waals surface area contributed by atoms with Gasteiger partial charge in [-0.15, -0.1) is 11.3 Å². The van der Waals surface area contributed by atoms with Gasteiger partial charge >= 0.3 is 0 Å². The molecule has 3 N–H and O–H groups in total. The van der Waals surface area contributed by atoms with Gasteiger partial charge in [0.2, 0.25) is 17.7 Å². The summed E-state index contributed by atoms with van der Waals surface area (Å²) in [6.07, 6.45) is 5.39. The molecule has 1 aliphatic carbocycles. The van der Waals surface area contributed by atoms with Crippen molar-refractivity contribution in [2.45, 2.75) is 103 Å². The number of aliphatic hydroxyl groups excluding tert-OH is 1. The van der Waals surface area contributed by atoms with Crippen molar-refractivity contribution in [1.82, 2.24) is 35.0 Å². The van der Waals surface area contributed by atoms with E-state index in [2.05, 4.69) is 36.6 Å². The standard InChI is InChI=1S/C53H71N9O9S/c1-36-49(72-35-58-36)39-8-5-38(6-9-39)30-55-51(66)47-29-42(63)31-62(47)52(67)45(53(2,3)4)28-43(64)32-70-25-23-68-21-22-69-24-26-71-33-48(65)61-19-17-60(18-20-61)41-12-10-40(11-13-41)59-50-44-14-7-37(15-16-54)27-46(44)56-34-57-50/h5-9,14,27,34-35,40-42,45,47,63H,10-13,15,17-26,28-33H2,1-4H3,(H,55,66)(H,56,57,59)/t40?,41?,42-,45-,47+/m1/s1. The Labute approximate surface area is 426 Å². The quantitative estimate of drug-likeness (QED) is 0.0790. The predicted molar refractivity (Wildman–Crippen MR) is 273 cm³/mol. The van der Waals surface area contributed by atoms with E-state index >= 15 is 0 Å². The number of nitrogens with zero attached hydrogens (tertiary/aromatic N) is 7. The number of ether oxygens (including phenoxy) is 4. The molecule has 2 saturated heterocycles. The summed E-state index contributed by atoms with van der Waals surface area (Å²) in [5.41, 5.74) is 5.93. The molecule has 2 aromatic heterocycles. The van der Waals surface area contributed by atoms with Crippen LogP contribution in [0.2, 0.25) is 0 Å². The van der Waals surface area contributed by atoms with E-state index in [1.54, 1.807) is 17.7 Å². The maximum atomic E-state index is 14.0. The molecule has 72 heavy (non-hydrogen) atoms. The molecule has 3 amide bonds. The van der Waals surface area contributed by atoms with Crippen LogP contribution in [0.25, 0.3) is 21.3 Å². The van der Waals surface area contributed by atoms with E-state index < -0.39 is 23.5 Å². The van der Waals surface area contributed by atoms with Gasteiger partial charge in [-0.25, -0.2) is 15.0 Å². The highest BCUT2D eigenvalue weighted by atomic mass is 32.1. The van der Waals surface area contributed by atoms with Gasteiger partial charge in [0.25, 0.3) is 0 Å². The molecular weight excluding hydrogens is 939 g/mol. The number of benzene rings is 2. The summed E-state index contributed by atoms with van der Waals surface area (Å²) in [4.78, 5) is 73.6. The Bertz CT molecular complexity index is 2460. The monoisotopic (exact) mass is 1010 g/mol. The van der Waals surface area contributed by atoms with Crippen LogP contribution in [0.4, 0.5) is 5.82 Å². The summed E-state index contributed by atoms with van der Waals surface area (Å²) in [5, 5.41) is 27.2. The topological polar surface area (TPSA) is 222 Å². The average Bonchev–Trinajstić information content (AvgIpc) is 4.00. The first-order valence-corrected chi connectivity index (χ1v) is 26.1. The number of aryl methyl sites for hydroxylation is 1. The molecule has 0 unspecified atom stereocenters. The molecule has 3 aliphatic rings. The fourth-order valence-corrected chi connectivity index (χ4v) is 10.6. The highest BCUT2D eigenvalue weighted by Crippen LogP contribution is 2.34. The third-order valence-electron chi connectivity index (χ3n) is 13.9. The maximum Gasteiger partial charge on any atom is 0.248 e. The smallest absolute Gasteiger partial charge is 0.248 e. The van der Waals surface area contributed by atoms with Crippen molar-refractivity contribution in [2.24, 2.45) is 11.3 Å². The number of rotatable bonds is 24. The van der Waals surface area contributed by atoms with E-state index in [1.165, 1.54) is 4.90 Å². The van der Waals surface area contributed by atoms with E-state index in [4.69, 9.17) is 24.2 Å². The van der Waals surface area contributed by atoms with E-state index in [0.717, 1.165) is 82.8 Å². The number of nitriles is 1. The molecule has 3 atom stereocenters. The highest BCUT2D eigenvalue weighted by Gasteiger charge is 2.44. The molecule has 7 rings (SSSR count). The van der Waals surface area contributed by atoms with Crippen molar-refractivity contribution >= 4 is 51.6 Å². The SMILES string of the molecule is Cc1ncsc1-c1ccc(CNC(=O)[C@@H]2C[C@@H](O)CN2C(=O)[C@@H](CC(=O)COCCOCCOCCOCC(=O)N2CCN(C3CCC(Nc4ncnc5cc(CC#N)ccc45)CC3)CC2)C(C)(C)C)cc1. The van der Waals surface area contributed by atoms with Crippen LogP contribution in [-0.4, -0.2) is 168 Å². The number of carbonyl (C=O) groups is 4. The number of nitrogens with one attached hydrogen (secondary N) is 2. The minimum Gasteiger partial charge on any atom is -0.391 e. The number of amides is 3. The van der Waals surface area contributed by atoms with Gasteiger partial charge in [0.15, 0.2) is 5.78 Å². The molecule has 388 valence electrons. The van der Waals surface area contributed by atoms with Crippen molar-refractivity contribution < 1.29 is 43.2 Å². The first-order valence-electron chi connectivity index (χ1n) is 25.2. The van der Waals surface area contributed by atoms with Gasteiger partial charge in [-0.1, -0.05) is 51.1 Å². The fourth-order valence-electron chi connectivity index (χ4n) is 9.74. The van der Waals surface area contributed by atoms with Crippen LogP contribution in [0.15, 0.2) is 54.3 Å². The summed E-state index contributed by atoms with van der Waals surface area (Å²) < 4.78 is 22.4. The molecule has 1 saturated carbocycles. The average molecular weight is 1010 g/mol. The summed E-state index contributed by atoms with van der Waals surface area (Å²) in [7, 11) is 0. The van der Waals surface area contributed by atoms with E-state index in [1.807, 2.05) is 80.6 Å². The summed E-state index contributed by atoms with van der Waals surface area (Å²) >= 11 is 1.58. The lowest BCUT2D eigenvalue weighted by Crippen LogP contribution is -2.53. The number of fused-ring (bicyclic) bond motifs is 1. The minimum absolute atomic E-state index is 0.0132. The number of likely N-dealkylation sites (tertiary alicyclic amines) is 1. The van der Waals surface area contributed by atoms with Crippen LogP contribution >= 0.6 is 11.3 Å². The molecule has 19 heteroatoms.